The zero-order valence-corrected chi connectivity index (χ0v) is 9.87. The molecule has 0 aliphatic carbocycles. The third-order valence-electron chi connectivity index (χ3n) is 3.43. The molecule has 1 N–H and O–H groups in total. The first-order chi connectivity index (χ1) is 7.83. The van der Waals surface area contributed by atoms with Gasteiger partial charge in [-0.05, 0) is 48.9 Å². The van der Waals surface area contributed by atoms with Crippen molar-refractivity contribution in [2.75, 3.05) is 26.2 Å². The van der Waals surface area contributed by atoms with Crippen molar-refractivity contribution in [1.29, 1.82) is 0 Å². The van der Waals surface area contributed by atoms with Crippen LogP contribution in [0.2, 0.25) is 0 Å². The molecule has 1 aromatic heterocycles. The monoisotopic (exact) mass is 237 g/mol. The van der Waals surface area contributed by atoms with E-state index in [1.807, 2.05) is 16.3 Å². The van der Waals surface area contributed by atoms with Crippen molar-refractivity contribution >= 4 is 17.4 Å². The fraction of sp³-hybridized carbons (Fsp3) is 0.636. The van der Waals surface area contributed by atoms with E-state index in [4.69, 9.17) is 0 Å². The van der Waals surface area contributed by atoms with Gasteiger partial charge in [-0.2, -0.15) is 4.37 Å². The van der Waals surface area contributed by atoms with Crippen molar-refractivity contribution < 1.29 is 4.79 Å². The van der Waals surface area contributed by atoms with Gasteiger partial charge in [-0.1, -0.05) is 0 Å². The predicted molar refractivity (Wildman–Crippen MR) is 62.5 cm³/mol. The first-order valence-electron chi connectivity index (χ1n) is 5.73. The normalized spacial score (nSPS) is 29.1. The number of fused-ring (bicyclic) bond motifs is 2. The van der Waals surface area contributed by atoms with E-state index in [1.165, 1.54) is 18.0 Å². The summed E-state index contributed by atoms with van der Waals surface area (Å²) in [5, 5.41) is 5.29. The Morgan fingerprint density at radius 3 is 2.81 bits per heavy atom. The molecule has 3 heterocycles. The molecule has 3 rings (SSSR count). The van der Waals surface area contributed by atoms with Crippen LogP contribution >= 0.6 is 11.5 Å². The second-order valence-corrected chi connectivity index (χ2v) is 5.39. The average molecular weight is 237 g/mol. The highest BCUT2D eigenvalue weighted by atomic mass is 32.1. The van der Waals surface area contributed by atoms with Crippen molar-refractivity contribution in [3.05, 3.63) is 17.1 Å². The van der Waals surface area contributed by atoms with Crippen LogP contribution in [0.4, 0.5) is 0 Å². The molecule has 2 unspecified atom stereocenters. The van der Waals surface area contributed by atoms with Crippen LogP contribution in [0, 0.1) is 11.8 Å². The summed E-state index contributed by atoms with van der Waals surface area (Å²) < 4.78 is 4.12. The Bertz CT molecular complexity index is 367. The molecule has 16 heavy (non-hydrogen) atoms. The van der Waals surface area contributed by atoms with Crippen molar-refractivity contribution in [3.8, 4) is 0 Å². The number of hydrogen-bond acceptors (Lipinski definition) is 4. The van der Waals surface area contributed by atoms with Gasteiger partial charge in [0.2, 0.25) is 0 Å². The molecule has 0 saturated carbocycles. The summed E-state index contributed by atoms with van der Waals surface area (Å²) in [5.41, 5.74) is 0.609. The molecule has 2 atom stereocenters. The summed E-state index contributed by atoms with van der Waals surface area (Å²) in [5.74, 6) is 1.38. The minimum Gasteiger partial charge on any atom is -0.337 e. The topological polar surface area (TPSA) is 45.2 Å². The fourth-order valence-electron chi connectivity index (χ4n) is 2.76. The van der Waals surface area contributed by atoms with Crippen LogP contribution in [0.15, 0.2) is 11.4 Å². The molecule has 4 nitrogen and oxygen atoms in total. The van der Waals surface area contributed by atoms with Crippen molar-refractivity contribution in [3.63, 3.8) is 0 Å². The van der Waals surface area contributed by atoms with Crippen LogP contribution in [0.5, 0.6) is 0 Å². The molecule has 2 fully saturated rings. The molecule has 5 heteroatoms. The molecule has 1 aromatic rings. The summed E-state index contributed by atoms with van der Waals surface area (Å²) in [6, 6.07) is 1.82. The van der Waals surface area contributed by atoms with Gasteiger partial charge in [0.25, 0.3) is 5.91 Å². The lowest BCUT2D eigenvalue weighted by molar-refractivity contribution is 0.0533. The van der Waals surface area contributed by atoms with Crippen LogP contribution in [-0.4, -0.2) is 41.4 Å². The molecular formula is C11H15N3OS. The summed E-state index contributed by atoms with van der Waals surface area (Å²) in [4.78, 5) is 14.1. The Morgan fingerprint density at radius 1 is 1.44 bits per heavy atom. The Morgan fingerprint density at radius 2 is 2.19 bits per heavy atom. The lowest BCUT2D eigenvalue weighted by Crippen LogP contribution is -2.52. The van der Waals surface area contributed by atoms with Gasteiger partial charge < -0.3 is 10.2 Å². The Balaban J connectivity index is 1.73. The summed E-state index contributed by atoms with van der Waals surface area (Å²) >= 11 is 1.34. The summed E-state index contributed by atoms with van der Waals surface area (Å²) in [6.45, 7) is 3.88. The first-order valence-corrected chi connectivity index (χ1v) is 6.57. The number of hydrogen-bond donors (Lipinski definition) is 1. The van der Waals surface area contributed by atoms with E-state index in [1.54, 1.807) is 0 Å². The molecule has 0 spiro atoms. The van der Waals surface area contributed by atoms with E-state index in [9.17, 15) is 4.79 Å². The summed E-state index contributed by atoms with van der Waals surface area (Å²) in [6.07, 6.45) is 1.27. The van der Waals surface area contributed by atoms with Crippen molar-refractivity contribution in [2.24, 2.45) is 11.8 Å². The quantitative estimate of drug-likeness (QED) is 0.786. The fourth-order valence-corrected chi connectivity index (χ4v) is 3.26. The first kappa shape index (κ1) is 10.2. The Labute approximate surface area is 98.8 Å². The SMILES string of the molecule is O=C(c1ccsn1)N1CC2CNCC(C2)C1. The maximum Gasteiger partial charge on any atom is 0.273 e. The van der Waals surface area contributed by atoms with Gasteiger partial charge in [0.05, 0.1) is 0 Å². The smallest absolute Gasteiger partial charge is 0.273 e. The number of carbonyl (C=O) groups is 1. The minimum atomic E-state index is 0.109. The number of piperidine rings is 2. The number of likely N-dealkylation sites (tertiary alicyclic amines) is 1. The van der Waals surface area contributed by atoms with Gasteiger partial charge in [-0.3, -0.25) is 4.79 Å². The summed E-state index contributed by atoms with van der Waals surface area (Å²) in [7, 11) is 0. The molecule has 2 aliphatic rings. The number of nitrogens with zero attached hydrogens (tertiary/aromatic N) is 2. The second kappa shape index (κ2) is 4.14. The van der Waals surface area contributed by atoms with E-state index in [2.05, 4.69) is 9.69 Å². The zero-order valence-electron chi connectivity index (χ0n) is 9.06. The van der Waals surface area contributed by atoms with Gasteiger partial charge in [0.1, 0.15) is 5.69 Å². The molecular weight excluding hydrogens is 222 g/mol. The van der Waals surface area contributed by atoms with Crippen LogP contribution in [0.25, 0.3) is 0 Å². The van der Waals surface area contributed by atoms with Crippen LogP contribution < -0.4 is 5.32 Å². The third-order valence-corrected chi connectivity index (χ3v) is 3.99. The number of amides is 1. The zero-order chi connectivity index (χ0) is 11.0. The number of nitrogens with one attached hydrogen (secondary N) is 1. The lowest BCUT2D eigenvalue weighted by Gasteiger charge is -2.41. The van der Waals surface area contributed by atoms with E-state index in [0.29, 0.717) is 17.5 Å². The molecule has 1 amide bonds. The maximum atomic E-state index is 12.1. The van der Waals surface area contributed by atoms with E-state index < -0.39 is 0 Å². The average Bonchev–Trinajstić information content (AvgIpc) is 2.81. The molecule has 0 aromatic carbocycles. The molecule has 0 radical (unpaired) electrons. The van der Waals surface area contributed by atoms with Crippen LogP contribution in [0.1, 0.15) is 16.9 Å². The predicted octanol–water partition coefficient (Wildman–Crippen LogP) is 0.825. The molecule has 2 bridgehead atoms. The highest BCUT2D eigenvalue weighted by Gasteiger charge is 2.33. The molecule has 2 aliphatic heterocycles. The van der Waals surface area contributed by atoms with E-state index >= 15 is 0 Å². The number of carbonyl (C=O) groups excluding carboxylic acids is 1. The van der Waals surface area contributed by atoms with Gasteiger partial charge in [-0.15, -0.1) is 0 Å². The molecule has 2 saturated heterocycles. The highest BCUT2D eigenvalue weighted by molar-refractivity contribution is 7.03. The van der Waals surface area contributed by atoms with Gasteiger partial charge in [-0.25, -0.2) is 0 Å². The highest BCUT2D eigenvalue weighted by Crippen LogP contribution is 2.25. The number of aromatic nitrogens is 1. The van der Waals surface area contributed by atoms with Gasteiger partial charge >= 0.3 is 0 Å². The Kier molecular flexibility index (Phi) is 2.65. The van der Waals surface area contributed by atoms with Crippen molar-refractivity contribution in [1.82, 2.24) is 14.6 Å². The van der Waals surface area contributed by atoms with Crippen LogP contribution in [0.3, 0.4) is 0 Å². The standard InChI is InChI=1S/C11H15N3OS/c15-11(10-1-2-16-13-10)14-6-8-3-9(7-14)5-12-4-8/h1-2,8-9,12H,3-7H2. The van der Waals surface area contributed by atoms with Crippen molar-refractivity contribution in [2.45, 2.75) is 6.42 Å². The Hall–Kier alpha value is -0.940. The number of rotatable bonds is 1. The maximum absolute atomic E-state index is 12.1. The third kappa shape index (κ3) is 1.85. The minimum absolute atomic E-state index is 0.109. The van der Waals surface area contributed by atoms with E-state index in [0.717, 1.165) is 26.2 Å². The molecule has 86 valence electrons. The second-order valence-electron chi connectivity index (χ2n) is 4.72. The van der Waals surface area contributed by atoms with Gasteiger partial charge in [0, 0.05) is 18.5 Å². The van der Waals surface area contributed by atoms with Gasteiger partial charge in [0.15, 0.2) is 0 Å². The lowest BCUT2D eigenvalue weighted by atomic mass is 9.86. The van der Waals surface area contributed by atoms with E-state index in [-0.39, 0.29) is 5.91 Å². The largest absolute Gasteiger partial charge is 0.337 e. The van der Waals surface area contributed by atoms with Crippen LogP contribution in [-0.2, 0) is 0 Å².